The molecule has 10 rings (SSSR count). The predicted molar refractivity (Wildman–Crippen MR) is 259 cm³/mol. The molecule has 6 aliphatic carbocycles. The first-order valence-electron chi connectivity index (χ1n) is 26.0. The van der Waals surface area contributed by atoms with Crippen LogP contribution in [0.2, 0.25) is 0 Å². The minimum absolute atomic E-state index is 0.0160. The van der Waals surface area contributed by atoms with Gasteiger partial charge in [0.15, 0.2) is 5.78 Å². The second-order valence-electron chi connectivity index (χ2n) is 24.7. The molecule has 1 N–H and O–H groups in total. The summed E-state index contributed by atoms with van der Waals surface area (Å²) in [5.41, 5.74) is 2.92. The fraction of sp³-hybridized carbons (Fsp3) is 0.638. The summed E-state index contributed by atoms with van der Waals surface area (Å²) in [6.07, 6.45) is 11.4. The van der Waals surface area contributed by atoms with E-state index in [4.69, 9.17) is 14.5 Å². The summed E-state index contributed by atoms with van der Waals surface area (Å²) in [6, 6.07) is 15.9. The summed E-state index contributed by atoms with van der Waals surface area (Å²) in [5.74, 6) is 0.529. The maximum atomic E-state index is 15.6. The van der Waals surface area contributed by atoms with E-state index in [1.165, 1.54) is 17.7 Å². The Hall–Kier alpha value is -4.60. The van der Waals surface area contributed by atoms with Gasteiger partial charge in [0, 0.05) is 18.4 Å². The van der Waals surface area contributed by atoms with Gasteiger partial charge in [0.05, 0.1) is 35.2 Å². The van der Waals surface area contributed by atoms with Crippen LogP contribution in [0.25, 0.3) is 11.3 Å². The third-order valence-electron chi connectivity index (χ3n) is 20.7. The van der Waals surface area contributed by atoms with Crippen LogP contribution in [0.4, 0.5) is 4.39 Å². The topological polar surface area (TPSA) is 119 Å². The third kappa shape index (κ3) is 6.96. The number of ether oxygens (including phenoxy) is 2. The Balaban J connectivity index is 0.865. The minimum atomic E-state index is -0.846. The first-order valence-corrected chi connectivity index (χ1v) is 26.0. The van der Waals surface area contributed by atoms with Crippen LogP contribution in [0.5, 0.6) is 0 Å². The minimum Gasteiger partial charge on any atom is -0.462 e. The summed E-state index contributed by atoms with van der Waals surface area (Å²) < 4.78 is 26.1. The van der Waals surface area contributed by atoms with Crippen LogP contribution >= 0.6 is 0 Å². The summed E-state index contributed by atoms with van der Waals surface area (Å²) in [7, 11) is 0. The van der Waals surface area contributed by atoms with E-state index in [1.54, 1.807) is 18.3 Å². The molecule has 1 aromatic heterocycles. The molecule has 1 aliphatic heterocycles. The number of nitrogens with one attached hydrogen (secondary N) is 1. The summed E-state index contributed by atoms with van der Waals surface area (Å²) in [6.45, 7) is 21.5. The van der Waals surface area contributed by atoms with Crippen LogP contribution in [-0.2, 0) is 35.3 Å². The highest BCUT2D eigenvalue weighted by Gasteiger charge is 2.71. The number of likely N-dealkylation sites (tertiary alicyclic amines) is 1. The van der Waals surface area contributed by atoms with E-state index in [9.17, 15) is 18.8 Å². The summed E-state index contributed by atoms with van der Waals surface area (Å²) >= 11 is 0. The quantitative estimate of drug-likeness (QED) is 0.212. The van der Waals surface area contributed by atoms with E-state index >= 15 is 4.79 Å². The van der Waals surface area contributed by atoms with Crippen molar-refractivity contribution >= 4 is 23.6 Å². The molecular formula is C58H74FN3O6. The molecular weight excluding hydrogens is 854 g/mol. The first kappa shape index (κ1) is 47.1. The predicted octanol–water partition coefficient (Wildman–Crippen LogP) is 12.2. The number of benzene rings is 2. The van der Waals surface area contributed by atoms with Crippen molar-refractivity contribution in [3.63, 3.8) is 0 Å². The Morgan fingerprint density at radius 1 is 0.809 bits per heavy atom. The number of amides is 1. The molecule has 364 valence electrons. The molecule has 6 fully saturated rings. The van der Waals surface area contributed by atoms with Gasteiger partial charge in [-0.1, -0.05) is 92.6 Å². The zero-order chi connectivity index (χ0) is 48.3. The molecule has 7 aliphatic rings. The number of Topliss-reactive ketones (excluding diaryl/α,β-unsaturated/α-hetero) is 1. The average Bonchev–Trinajstić information content (AvgIpc) is 4.05. The van der Waals surface area contributed by atoms with E-state index in [2.05, 4.69) is 53.5 Å². The number of rotatable bonds is 9. The number of aromatic amines is 1. The lowest BCUT2D eigenvalue weighted by Gasteiger charge is -2.72. The van der Waals surface area contributed by atoms with Crippen LogP contribution in [0.1, 0.15) is 157 Å². The number of ketones is 1. The van der Waals surface area contributed by atoms with Crippen LogP contribution in [0.3, 0.4) is 0 Å². The lowest BCUT2D eigenvalue weighted by molar-refractivity contribution is -0.236. The van der Waals surface area contributed by atoms with Gasteiger partial charge in [-0.15, -0.1) is 0 Å². The van der Waals surface area contributed by atoms with E-state index in [0.717, 1.165) is 86.0 Å². The molecule has 1 saturated heterocycles. The highest BCUT2D eigenvalue weighted by molar-refractivity contribution is 6.07. The molecule has 9 nitrogen and oxygen atoms in total. The highest BCUT2D eigenvalue weighted by atomic mass is 19.1. The van der Waals surface area contributed by atoms with Gasteiger partial charge >= 0.3 is 11.9 Å². The van der Waals surface area contributed by atoms with Gasteiger partial charge < -0.3 is 19.4 Å². The number of fused-ring (bicyclic) bond motifs is 7. The number of carbonyl (C=O) groups excluding carboxylic acids is 4. The van der Waals surface area contributed by atoms with Crippen molar-refractivity contribution in [2.75, 3.05) is 6.54 Å². The first-order chi connectivity index (χ1) is 32.2. The molecule has 0 bridgehead atoms. The smallest absolute Gasteiger partial charge is 0.309 e. The highest BCUT2D eigenvalue weighted by Crippen LogP contribution is 2.77. The fourth-order valence-corrected chi connectivity index (χ4v) is 16.7. The van der Waals surface area contributed by atoms with Crippen LogP contribution < -0.4 is 0 Å². The SMILES string of the molecule is CC(C)C1=C2[C@H]3CC[C@@H]4[C@@]5(C)CC[C@H](OC(=O)[C@H]6C[C@@H](C(=O)OCc7ccccc7)C6(C)C)C(C)(C)[C@@H]5CC[C@@]4(C)[C@]3(C)CC[C@@]2(C(=O)N2CCC[C@H]2c2ncc(-c3ccc(F)cc3)[nH]2)CC1=O. The Morgan fingerprint density at radius 2 is 1.53 bits per heavy atom. The van der Waals surface area contributed by atoms with Crippen molar-refractivity contribution in [1.82, 2.24) is 14.9 Å². The van der Waals surface area contributed by atoms with Gasteiger partial charge in [-0.3, -0.25) is 19.2 Å². The zero-order valence-corrected chi connectivity index (χ0v) is 42.0. The van der Waals surface area contributed by atoms with Gasteiger partial charge in [-0.2, -0.15) is 0 Å². The second kappa shape index (κ2) is 16.5. The van der Waals surface area contributed by atoms with Crippen molar-refractivity contribution in [3.05, 3.63) is 89.1 Å². The number of esters is 2. The molecule has 0 spiro atoms. The molecule has 0 unspecified atom stereocenters. The average molecular weight is 928 g/mol. The van der Waals surface area contributed by atoms with Gasteiger partial charge in [0.2, 0.25) is 5.91 Å². The van der Waals surface area contributed by atoms with Crippen molar-refractivity contribution in [3.8, 4) is 11.3 Å². The largest absolute Gasteiger partial charge is 0.462 e. The van der Waals surface area contributed by atoms with Gasteiger partial charge in [-0.05, 0) is 162 Å². The maximum absolute atomic E-state index is 15.6. The van der Waals surface area contributed by atoms with Crippen LogP contribution in [0.15, 0.2) is 71.9 Å². The lowest BCUT2D eigenvalue weighted by atomic mass is 9.33. The van der Waals surface area contributed by atoms with E-state index in [0.29, 0.717) is 31.2 Å². The van der Waals surface area contributed by atoms with Gasteiger partial charge in [-0.25, -0.2) is 9.37 Å². The van der Waals surface area contributed by atoms with Crippen LogP contribution in [0, 0.1) is 73.8 Å². The van der Waals surface area contributed by atoms with E-state index in [1.807, 2.05) is 49.1 Å². The number of allylic oxidation sites excluding steroid dienone is 1. The van der Waals surface area contributed by atoms with Gasteiger partial charge in [0.1, 0.15) is 24.4 Å². The molecule has 68 heavy (non-hydrogen) atoms. The van der Waals surface area contributed by atoms with Crippen LogP contribution in [-0.4, -0.2) is 51.1 Å². The third-order valence-corrected chi connectivity index (χ3v) is 20.7. The lowest BCUT2D eigenvalue weighted by Crippen LogP contribution is -2.66. The van der Waals surface area contributed by atoms with E-state index < -0.39 is 10.8 Å². The Morgan fingerprint density at radius 3 is 2.24 bits per heavy atom. The molecule has 1 amide bonds. The number of H-pyrrole nitrogens is 1. The number of aromatic nitrogens is 2. The molecule has 11 atom stereocenters. The molecule has 0 radical (unpaired) electrons. The molecule has 2 aromatic carbocycles. The zero-order valence-electron chi connectivity index (χ0n) is 42.0. The second-order valence-corrected chi connectivity index (χ2v) is 24.7. The number of carbonyl (C=O) groups is 4. The molecule has 3 aromatic rings. The standard InChI is InChI=1S/C58H74FN3O6/c1-34(2)47-43(63)31-58(52(66)62-29-13-16-42(62)49-60-32-41(61-49)36-17-19-37(59)20-18-36)28-27-56(8)38(48(47)58)21-22-45-55(7)25-24-46(54(5,6)44(55)23-26-57(45,56)9)68-51(65)40-30-39(53(40,3)4)50(64)67-33-35-14-11-10-12-15-35/h10-12,14-15,17-20,32,34,38-40,42,44-46H,13,16,21-31,33H2,1-9H3,(H,60,61)/t38-,39+,40-,42+,44+,45-,46+,55+,56-,57-,58-/m1/s1. The van der Waals surface area contributed by atoms with Crippen molar-refractivity contribution in [2.45, 2.75) is 158 Å². The number of nitrogens with zero attached hydrogens (tertiary/aromatic N) is 2. The molecule has 5 saturated carbocycles. The normalized spacial score (nSPS) is 36.8. The maximum Gasteiger partial charge on any atom is 0.309 e. The summed E-state index contributed by atoms with van der Waals surface area (Å²) in [5, 5.41) is 0. The van der Waals surface area contributed by atoms with Crippen molar-refractivity contribution < 1.29 is 33.0 Å². The Bertz CT molecular complexity index is 2530. The van der Waals surface area contributed by atoms with Crippen molar-refractivity contribution in [1.29, 1.82) is 0 Å². The van der Waals surface area contributed by atoms with Gasteiger partial charge in [0.25, 0.3) is 0 Å². The number of imidazole rings is 1. The van der Waals surface area contributed by atoms with E-state index in [-0.39, 0.29) is 100.0 Å². The monoisotopic (exact) mass is 928 g/mol. The number of hydrogen-bond acceptors (Lipinski definition) is 7. The molecule has 2 heterocycles. The Labute approximate surface area is 403 Å². The summed E-state index contributed by atoms with van der Waals surface area (Å²) in [4.78, 5) is 67.8. The molecule has 10 heteroatoms. The fourth-order valence-electron chi connectivity index (χ4n) is 16.7. The number of halogens is 1. The van der Waals surface area contributed by atoms with Crippen molar-refractivity contribution in [2.24, 2.45) is 68.0 Å². The number of hydrogen-bond donors (Lipinski definition) is 1. The Kier molecular flexibility index (Phi) is 11.4.